The van der Waals surface area contributed by atoms with Gasteiger partial charge in [-0.1, -0.05) is 54.1 Å². The van der Waals surface area contributed by atoms with Crippen LogP contribution >= 0.6 is 12.2 Å². The van der Waals surface area contributed by atoms with Crippen LogP contribution in [0.1, 0.15) is 16.7 Å². The number of thiocarbonyl (C=S) groups is 1. The lowest BCUT2D eigenvalue weighted by Crippen LogP contribution is -2.33. The van der Waals surface area contributed by atoms with Gasteiger partial charge < -0.3 is 19.7 Å². The van der Waals surface area contributed by atoms with Gasteiger partial charge in [-0.2, -0.15) is 0 Å². The van der Waals surface area contributed by atoms with Crippen molar-refractivity contribution in [3.05, 3.63) is 89.5 Å². The van der Waals surface area contributed by atoms with E-state index in [2.05, 4.69) is 41.4 Å². The highest BCUT2D eigenvalue weighted by Crippen LogP contribution is 2.28. The summed E-state index contributed by atoms with van der Waals surface area (Å²) in [5.41, 5.74) is 4.48. The van der Waals surface area contributed by atoms with Crippen LogP contribution in [0.2, 0.25) is 0 Å². The molecular formula is C24H26N2O2S. The standard InChI is InChI=1S/C24H26N2O2S/c1-18-9-12-21(13-10-18)25-24(29)26(16-19-7-5-4-6-8-19)17-20-11-14-22(27-2)23(15-20)28-3/h4-15H,16-17H2,1-3H3,(H,25,29). The number of hydrogen-bond donors (Lipinski definition) is 1. The summed E-state index contributed by atoms with van der Waals surface area (Å²) >= 11 is 5.76. The molecule has 0 saturated heterocycles. The first-order valence-corrected chi connectivity index (χ1v) is 9.87. The van der Waals surface area contributed by atoms with E-state index in [0.29, 0.717) is 29.7 Å². The highest BCUT2D eigenvalue weighted by Gasteiger charge is 2.14. The fraction of sp³-hybridized carbons (Fsp3) is 0.208. The van der Waals surface area contributed by atoms with Gasteiger partial charge in [-0.3, -0.25) is 0 Å². The van der Waals surface area contributed by atoms with Gasteiger partial charge in [0, 0.05) is 18.8 Å². The number of ether oxygens (including phenoxy) is 2. The molecule has 0 spiro atoms. The quantitative estimate of drug-likeness (QED) is 0.531. The van der Waals surface area contributed by atoms with E-state index in [-0.39, 0.29) is 0 Å². The molecule has 0 heterocycles. The largest absolute Gasteiger partial charge is 0.493 e. The molecule has 1 N–H and O–H groups in total. The zero-order chi connectivity index (χ0) is 20.6. The maximum atomic E-state index is 5.76. The summed E-state index contributed by atoms with van der Waals surface area (Å²) in [6, 6.07) is 24.5. The normalized spacial score (nSPS) is 10.3. The van der Waals surface area contributed by atoms with Gasteiger partial charge in [-0.25, -0.2) is 0 Å². The molecule has 0 aliphatic rings. The van der Waals surface area contributed by atoms with Gasteiger partial charge in [0.1, 0.15) is 0 Å². The molecule has 0 bridgehead atoms. The predicted octanol–water partition coefficient (Wildman–Crippen LogP) is 5.41. The van der Waals surface area contributed by atoms with Gasteiger partial charge in [0.15, 0.2) is 16.6 Å². The Labute approximate surface area is 178 Å². The Morgan fingerprint density at radius 1 is 0.828 bits per heavy atom. The summed E-state index contributed by atoms with van der Waals surface area (Å²) in [4.78, 5) is 2.14. The van der Waals surface area contributed by atoms with Gasteiger partial charge >= 0.3 is 0 Å². The molecule has 0 aliphatic heterocycles. The second-order valence-corrected chi connectivity index (χ2v) is 7.21. The summed E-state index contributed by atoms with van der Waals surface area (Å²) < 4.78 is 10.8. The molecule has 0 fully saturated rings. The Bertz CT molecular complexity index is 943. The fourth-order valence-corrected chi connectivity index (χ4v) is 3.29. The van der Waals surface area contributed by atoms with Crippen LogP contribution in [-0.2, 0) is 13.1 Å². The van der Waals surface area contributed by atoms with Crippen molar-refractivity contribution >= 4 is 23.0 Å². The SMILES string of the molecule is COc1ccc(CN(Cc2ccccc2)C(=S)Nc2ccc(C)cc2)cc1OC. The number of anilines is 1. The van der Waals surface area contributed by atoms with Gasteiger partial charge in [0.05, 0.1) is 14.2 Å². The van der Waals surface area contributed by atoms with Crippen molar-refractivity contribution in [2.24, 2.45) is 0 Å². The lowest BCUT2D eigenvalue weighted by Gasteiger charge is -2.26. The number of nitrogens with one attached hydrogen (secondary N) is 1. The lowest BCUT2D eigenvalue weighted by molar-refractivity contribution is 0.352. The van der Waals surface area contributed by atoms with Crippen molar-refractivity contribution in [1.82, 2.24) is 4.90 Å². The van der Waals surface area contributed by atoms with Crippen LogP contribution < -0.4 is 14.8 Å². The zero-order valence-electron chi connectivity index (χ0n) is 17.0. The van der Waals surface area contributed by atoms with E-state index in [1.54, 1.807) is 14.2 Å². The smallest absolute Gasteiger partial charge is 0.174 e. The summed E-state index contributed by atoms with van der Waals surface area (Å²) in [6.45, 7) is 3.42. The van der Waals surface area contributed by atoms with Gasteiger partial charge in [0.2, 0.25) is 0 Å². The number of aryl methyl sites for hydroxylation is 1. The van der Waals surface area contributed by atoms with Crippen molar-refractivity contribution in [2.45, 2.75) is 20.0 Å². The minimum Gasteiger partial charge on any atom is -0.493 e. The van der Waals surface area contributed by atoms with Crippen LogP contribution in [0, 0.1) is 6.92 Å². The minimum absolute atomic E-state index is 0.646. The summed E-state index contributed by atoms with van der Waals surface area (Å²) in [5, 5.41) is 4.04. The van der Waals surface area contributed by atoms with Crippen LogP contribution in [0.15, 0.2) is 72.8 Å². The Morgan fingerprint density at radius 3 is 2.14 bits per heavy atom. The number of benzene rings is 3. The second-order valence-electron chi connectivity index (χ2n) is 6.83. The lowest BCUT2D eigenvalue weighted by atomic mass is 10.1. The molecule has 3 rings (SSSR count). The number of hydrogen-bond acceptors (Lipinski definition) is 3. The third-order valence-corrected chi connectivity index (χ3v) is 4.99. The van der Waals surface area contributed by atoms with Crippen molar-refractivity contribution in [1.29, 1.82) is 0 Å². The van der Waals surface area contributed by atoms with Crippen molar-refractivity contribution < 1.29 is 9.47 Å². The van der Waals surface area contributed by atoms with Gasteiger partial charge in [-0.15, -0.1) is 0 Å². The van der Waals surface area contributed by atoms with Crippen LogP contribution in [0.25, 0.3) is 0 Å². The average Bonchev–Trinajstić information content (AvgIpc) is 2.75. The van der Waals surface area contributed by atoms with E-state index in [9.17, 15) is 0 Å². The molecule has 150 valence electrons. The van der Waals surface area contributed by atoms with E-state index in [1.165, 1.54) is 11.1 Å². The van der Waals surface area contributed by atoms with E-state index in [0.717, 1.165) is 11.3 Å². The Kier molecular flexibility index (Phi) is 7.09. The molecule has 4 nitrogen and oxygen atoms in total. The minimum atomic E-state index is 0.646. The average molecular weight is 407 g/mol. The van der Waals surface area contributed by atoms with E-state index in [4.69, 9.17) is 21.7 Å². The number of methoxy groups -OCH3 is 2. The first kappa shape index (κ1) is 20.7. The van der Waals surface area contributed by atoms with Gasteiger partial charge in [-0.05, 0) is 54.5 Å². The molecule has 3 aromatic carbocycles. The van der Waals surface area contributed by atoms with Crippen LogP contribution in [0.3, 0.4) is 0 Å². The third-order valence-electron chi connectivity index (χ3n) is 4.63. The third kappa shape index (κ3) is 5.72. The summed E-state index contributed by atoms with van der Waals surface area (Å²) in [7, 11) is 3.28. The molecule has 0 atom stereocenters. The summed E-state index contributed by atoms with van der Waals surface area (Å²) in [5.74, 6) is 1.42. The Hall–Kier alpha value is -3.05. The zero-order valence-corrected chi connectivity index (χ0v) is 17.8. The maximum Gasteiger partial charge on any atom is 0.174 e. The molecule has 0 amide bonds. The molecule has 0 aromatic heterocycles. The van der Waals surface area contributed by atoms with Crippen molar-refractivity contribution in [2.75, 3.05) is 19.5 Å². The van der Waals surface area contributed by atoms with E-state index < -0.39 is 0 Å². The van der Waals surface area contributed by atoms with Crippen LogP contribution in [-0.4, -0.2) is 24.2 Å². The second kappa shape index (κ2) is 9.94. The van der Waals surface area contributed by atoms with Crippen LogP contribution in [0.4, 0.5) is 5.69 Å². The molecule has 3 aromatic rings. The van der Waals surface area contributed by atoms with E-state index >= 15 is 0 Å². The molecular weight excluding hydrogens is 380 g/mol. The molecule has 5 heteroatoms. The molecule has 29 heavy (non-hydrogen) atoms. The van der Waals surface area contributed by atoms with Gasteiger partial charge in [0.25, 0.3) is 0 Å². The molecule has 0 unspecified atom stereocenters. The Morgan fingerprint density at radius 2 is 1.48 bits per heavy atom. The monoisotopic (exact) mass is 406 g/mol. The molecule has 0 radical (unpaired) electrons. The first-order valence-electron chi connectivity index (χ1n) is 9.46. The fourth-order valence-electron chi connectivity index (χ4n) is 3.04. The molecule has 0 aliphatic carbocycles. The van der Waals surface area contributed by atoms with Crippen molar-refractivity contribution in [3.8, 4) is 11.5 Å². The topological polar surface area (TPSA) is 33.7 Å². The van der Waals surface area contributed by atoms with E-state index in [1.807, 2.05) is 48.5 Å². The molecule has 0 saturated carbocycles. The van der Waals surface area contributed by atoms with Crippen molar-refractivity contribution in [3.63, 3.8) is 0 Å². The first-order chi connectivity index (χ1) is 14.1. The highest BCUT2D eigenvalue weighted by molar-refractivity contribution is 7.80. The predicted molar refractivity (Wildman–Crippen MR) is 123 cm³/mol. The highest BCUT2D eigenvalue weighted by atomic mass is 32.1. The number of rotatable bonds is 7. The van der Waals surface area contributed by atoms with Crippen LogP contribution in [0.5, 0.6) is 11.5 Å². The summed E-state index contributed by atoms with van der Waals surface area (Å²) in [6.07, 6.45) is 0. The maximum absolute atomic E-state index is 5.76. The Balaban J connectivity index is 1.82. The number of nitrogens with zero attached hydrogens (tertiary/aromatic N) is 1.